The molecule has 0 bridgehead atoms. The molecule has 0 fully saturated rings. The Kier molecular flexibility index (Phi) is 12.0. The molecule has 0 spiro atoms. The summed E-state index contributed by atoms with van der Waals surface area (Å²) in [7, 11) is -1.63. The number of benzene rings is 6. The molecule has 0 N–H and O–H groups in total. The molecule has 7 aromatic carbocycles. The second-order valence-electron chi connectivity index (χ2n) is 13.0. The van der Waals surface area contributed by atoms with Crippen LogP contribution in [0, 0.1) is 82.1 Å². The smallest absolute Gasteiger partial charge is 0 e. The number of rotatable bonds is 7. The first kappa shape index (κ1) is 36.8. The molecule has 0 aliphatic heterocycles. The van der Waals surface area contributed by atoms with Crippen molar-refractivity contribution in [2.24, 2.45) is 0 Å². The quantitative estimate of drug-likeness (QED) is 0.0870. The first-order valence-corrected chi connectivity index (χ1v) is 19.8. The molecule has 0 unspecified atom stereocenters. The van der Waals surface area contributed by atoms with E-state index in [9.17, 15) is 0 Å². The molecule has 1 aliphatic rings. The summed E-state index contributed by atoms with van der Waals surface area (Å²) in [6.45, 7) is 11.4. The van der Waals surface area contributed by atoms with Crippen LogP contribution in [0.5, 0.6) is 0 Å². The summed E-state index contributed by atoms with van der Waals surface area (Å²) in [4.78, 5) is 0. The average Bonchev–Trinajstić information content (AvgIpc) is 3.85. The topological polar surface area (TPSA) is 0 Å². The van der Waals surface area contributed by atoms with E-state index in [1.807, 2.05) is 0 Å². The predicted octanol–water partition coefficient (Wildman–Crippen LogP) is 10.3. The van der Waals surface area contributed by atoms with Gasteiger partial charge in [0.1, 0.15) is 0 Å². The van der Waals surface area contributed by atoms with E-state index < -0.39 is 15.8 Å². The molecular weight excluding hydrogens is 694 g/mol. The van der Waals surface area contributed by atoms with E-state index in [4.69, 9.17) is 0 Å². The third-order valence-corrected chi connectivity index (χ3v) is 14.3. The molecule has 0 saturated carbocycles. The fourth-order valence-corrected chi connectivity index (χ4v) is 13.0. The Morgan fingerprint density at radius 2 is 1.04 bits per heavy atom. The SMILES string of the molecule is Cc1cc(C)cc(P(c2cc(C)cc(C)c2)[C@H](C)[C-]2[CH-][C-]=[C-][C-]2P(c2cccc3ccccc23)c2cccc3ccccc23)c1.[Fe].[c-]1[c-][c-][cH-][c-]1. The van der Waals surface area contributed by atoms with E-state index in [1.165, 1.54) is 76.6 Å². The van der Waals surface area contributed by atoms with E-state index in [1.54, 1.807) is 6.07 Å². The molecule has 0 nitrogen and oxygen atoms in total. The van der Waals surface area contributed by atoms with Crippen molar-refractivity contribution in [3.8, 4) is 0 Å². The van der Waals surface area contributed by atoms with E-state index in [-0.39, 0.29) is 22.7 Å². The Hall–Kier alpha value is -3.95. The van der Waals surface area contributed by atoms with Crippen molar-refractivity contribution < 1.29 is 17.1 Å². The zero-order valence-electron chi connectivity index (χ0n) is 29.5. The van der Waals surface area contributed by atoms with Crippen molar-refractivity contribution >= 4 is 58.6 Å². The molecule has 3 heteroatoms. The van der Waals surface area contributed by atoms with Gasteiger partial charge in [-0.2, -0.15) is 5.66 Å². The zero-order chi connectivity index (χ0) is 34.6. The van der Waals surface area contributed by atoms with Gasteiger partial charge < -0.3 is 60.5 Å². The van der Waals surface area contributed by atoms with Crippen LogP contribution in [0.1, 0.15) is 29.2 Å². The molecule has 8 rings (SSSR count). The fourth-order valence-electron chi connectivity index (χ4n) is 7.10. The van der Waals surface area contributed by atoms with E-state index in [2.05, 4.69) is 199 Å². The Balaban J connectivity index is 0.000000689. The van der Waals surface area contributed by atoms with E-state index in [0.717, 1.165) is 0 Å². The standard InChI is InChI=1S/C43H37P2.C5H.Fe/c1-29-23-30(2)26-36(25-29)44(37-27-31(3)24-32(4)28-37)33(5)38-19-12-22-41(38)45(42-20-10-15-34-13-6-8-17-39(34)42)43-21-11-16-35-14-7-9-18-40(35)43;1-2-4-5-3-1;/h6-11,13-21,23-28,33H,1-5H3;1H;/q2*-5;/t33-;;/m1../s1. The molecule has 7 aromatic rings. The monoisotopic (exact) mass is 732 g/mol. The van der Waals surface area contributed by atoms with Gasteiger partial charge in [0.15, 0.2) is 0 Å². The maximum Gasteiger partial charge on any atom is 0 e. The summed E-state index contributed by atoms with van der Waals surface area (Å²) < 4.78 is 0. The first-order chi connectivity index (χ1) is 24.4. The summed E-state index contributed by atoms with van der Waals surface area (Å²) in [5.74, 6) is 1.37. The van der Waals surface area contributed by atoms with Crippen LogP contribution >= 0.6 is 15.8 Å². The van der Waals surface area contributed by atoms with E-state index >= 15 is 0 Å². The predicted molar refractivity (Wildman–Crippen MR) is 216 cm³/mol. The summed E-state index contributed by atoms with van der Waals surface area (Å²) in [6, 6.07) is 57.6. The van der Waals surface area contributed by atoms with Crippen LogP contribution in [-0.4, -0.2) is 5.66 Å². The zero-order valence-corrected chi connectivity index (χ0v) is 32.4. The van der Waals surface area contributed by atoms with Crippen molar-refractivity contribution in [2.75, 3.05) is 0 Å². The molecular formula is C48H38FeP2-10. The van der Waals surface area contributed by atoms with Crippen molar-refractivity contribution in [3.05, 3.63) is 204 Å². The molecule has 0 heterocycles. The van der Waals surface area contributed by atoms with Gasteiger partial charge in [-0.3, -0.25) is 0 Å². The van der Waals surface area contributed by atoms with Crippen molar-refractivity contribution in [2.45, 2.75) is 40.3 Å². The van der Waals surface area contributed by atoms with Gasteiger partial charge in [0.05, 0.1) is 0 Å². The van der Waals surface area contributed by atoms with Crippen LogP contribution in [0.2, 0.25) is 0 Å². The Morgan fingerprint density at radius 3 is 1.49 bits per heavy atom. The van der Waals surface area contributed by atoms with Crippen molar-refractivity contribution in [1.82, 2.24) is 0 Å². The number of allylic oxidation sites excluding steroid dienone is 2. The molecule has 258 valence electrons. The van der Waals surface area contributed by atoms with Crippen LogP contribution < -0.4 is 21.2 Å². The maximum absolute atomic E-state index is 3.73. The minimum atomic E-state index is -0.926. The number of fused-ring (bicyclic) bond motifs is 2. The molecule has 0 amide bonds. The Bertz CT molecular complexity index is 2050. The summed E-state index contributed by atoms with van der Waals surface area (Å²) in [5, 5.41) is 10.8. The van der Waals surface area contributed by atoms with Gasteiger partial charge in [0.25, 0.3) is 0 Å². The van der Waals surface area contributed by atoms with Crippen molar-refractivity contribution in [3.63, 3.8) is 0 Å². The van der Waals surface area contributed by atoms with Crippen LogP contribution in [0.3, 0.4) is 0 Å². The fraction of sp³-hybridized carbons (Fsp3) is 0.125. The molecule has 0 saturated heterocycles. The molecule has 1 aliphatic carbocycles. The maximum atomic E-state index is 3.73. The average molecular weight is 733 g/mol. The minimum absolute atomic E-state index is 0. The number of aryl methyl sites for hydroxylation is 4. The van der Waals surface area contributed by atoms with E-state index in [0.29, 0.717) is 0 Å². The van der Waals surface area contributed by atoms with Crippen LogP contribution in [0.25, 0.3) is 21.5 Å². The molecule has 1 atom stereocenters. The van der Waals surface area contributed by atoms with Gasteiger partial charge in [-0.05, 0) is 70.5 Å². The summed E-state index contributed by atoms with van der Waals surface area (Å²) >= 11 is 0. The van der Waals surface area contributed by atoms with Crippen LogP contribution in [0.15, 0.2) is 127 Å². The largest absolute Gasteiger partial charge is 0.999 e. The number of hydrogen-bond acceptors (Lipinski definition) is 0. The first-order valence-electron chi connectivity index (χ1n) is 17.0. The van der Waals surface area contributed by atoms with Gasteiger partial charge in [-0.15, -0.1) is 0 Å². The van der Waals surface area contributed by atoms with Gasteiger partial charge in [-0.1, -0.05) is 158 Å². The molecule has 0 aromatic heterocycles. The van der Waals surface area contributed by atoms with Crippen LogP contribution in [0.4, 0.5) is 0 Å². The second kappa shape index (κ2) is 16.6. The second-order valence-corrected chi connectivity index (χ2v) is 17.6. The molecule has 51 heavy (non-hydrogen) atoms. The third-order valence-electron chi connectivity index (χ3n) is 9.09. The Labute approximate surface area is 318 Å². The van der Waals surface area contributed by atoms with Gasteiger partial charge in [0, 0.05) is 17.1 Å². The molecule has 0 radical (unpaired) electrons. The normalized spacial score (nSPS) is 13.3. The third kappa shape index (κ3) is 8.10. The van der Waals surface area contributed by atoms with Gasteiger partial charge in [0.2, 0.25) is 0 Å². The Morgan fingerprint density at radius 1 is 0.588 bits per heavy atom. The minimum Gasteiger partial charge on any atom is -0.999 e. The summed E-state index contributed by atoms with van der Waals surface area (Å²) in [5.41, 5.74) is 6.86. The van der Waals surface area contributed by atoms with Gasteiger partial charge in [-0.25, -0.2) is 7.92 Å². The van der Waals surface area contributed by atoms with Crippen molar-refractivity contribution in [1.29, 1.82) is 0 Å². The summed E-state index contributed by atoms with van der Waals surface area (Å²) in [6.07, 6.45) is 9.47. The van der Waals surface area contributed by atoms with Crippen LogP contribution in [-0.2, 0) is 17.1 Å². The number of hydrogen-bond donors (Lipinski definition) is 0. The van der Waals surface area contributed by atoms with Gasteiger partial charge >= 0.3 is 0 Å².